The van der Waals surface area contributed by atoms with Crippen molar-refractivity contribution in [2.24, 2.45) is 4.99 Å². The van der Waals surface area contributed by atoms with Crippen LogP contribution in [0.2, 0.25) is 0 Å². The smallest absolute Gasteiger partial charge is 0.344 e. The maximum Gasteiger partial charge on any atom is 0.344 e. The first-order valence-corrected chi connectivity index (χ1v) is 12.5. The third-order valence-corrected chi connectivity index (χ3v) is 6.35. The van der Waals surface area contributed by atoms with Gasteiger partial charge in [-0.3, -0.25) is 4.79 Å². The molecule has 7 nitrogen and oxygen atoms in total. The first-order valence-electron chi connectivity index (χ1n) is 10.9. The number of carbonyl (C=O) groups is 2. The first-order chi connectivity index (χ1) is 16.9. The second-order valence-corrected chi connectivity index (χ2v) is 9.30. The summed E-state index contributed by atoms with van der Waals surface area (Å²) in [6, 6.07) is 14.7. The molecule has 0 saturated carbocycles. The van der Waals surface area contributed by atoms with Crippen molar-refractivity contribution in [2.45, 2.75) is 33.3 Å². The molecule has 0 bridgehead atoms. The van der Waals surface area contributed by atoms with Crippen LogP contribution in [0.5, 0.6) is 5.75 Å². The van der Waals surface area contributed by atoms with Gasteiger partial charge >= 0.3 is 5.97 Å². The molecule has 0 atom stereocenters. The molecule has 0 unspecified atom stereocenters. The fraction of sp³-hybridized carbons (Fsp3) is 0.231. The minimum Gasteiger partial charge on any atom is -0.506 e. The van der Waals surface area contributed by atoms with Gasteiger partial charge in [-0.05, 0) is 43.7 Å². The van der Waals surface area contributed by atoms with E-state index >= 15 is 0 Å². The Kier molecular flexibility index (Phi) is 9.29. The van der Waals surface area contributed by atoms with Gasteiger partial charge in [0.25, 0.3) is 0 Å². The summed E-state index contributed by atoms with van der Waals surface area (Å²) in [5.41, 5.74) is 1.75. The highest BCUT2D eigenvalue weighted by atomic mass is 79.9. The summed E-state index contributed by atoms with van der Waals surface area (Å²) in [7, 11) is 0. The van der Waals surface area contributed by atoms with E-state index in [1.807, 2.05) is 25.1 Å². The lowest BCUT2D eigenvalue weighted by Gasteiger charge is -2.11. The molecule has 9 heteroatoms. The second kappa shape index (κ2) is 12.4. The molecule has 1 heterocycles. The van der Waals surface area contributed by atoms with E-state index in [1.165, 1.54) is 0 Å². The van der Waals surface area contributed by atoms with Gasteiger partial charge in [0, 0.05) is 22.0 Å². The van der Waals surface area contributed by atoms with Gasteiger partial charge in [0.05, 0.1) is 23.1 Å². The highest BCUT2D eigenvalue weighted by molar-refractivity contribution is 9.10. The number of hydrogen-bond donors (Lipinski definition) is 1. The molecule has 1 N–H and O–H groups in total. The fourth-order valence-electron chi connectivity index (χ4n) is 3.19. The van der Waals surface area contributed by atoms with Crippen molar-refractivity contribution in [3.63, 3.8) is 0 Å². The molecule has 180 valence electrons. The van der Waals surface area contributed by atoms with E-state index < -0.39 is 5.97 Å². The van der Waals surface area contributed by atoms with Crippen molar-refractivity contribution in [2.75, 3.05) is 6.61 Å². The minimum absolute atomic E-state index is 0.103. The quantitative estimate of drug-likeness (QED) is 0.393. The Balaban J connectivity index is 1.98. The van der Waals surface area contributed by atoms with E-state index in [0.717, 1.165) is 21.8 Å². The minimum atomic E-state index is -0.747. The van der Waals surface area contributed by atoms with Gasteiger partial charge in [0.15, 0.2) is 0 Å². The second-order valence-electron chi connectivity index (χ2n) is 7.36. The van der Waals surface area contributed by atoms with E-state index in [9.17, 15) is 20.0 Å². The van der Waals surface area contributed by atoms with Crippen LogP contribution in [0.3, 0.4) is 0 Å². The molecule has 2 aromatic carbocycles. The lowest BCUT2D eigenvalue weighted by Crippen LogP contribution is -2.14. The number of nitrogens with zero attached hydrogens (tertiary/aromatic N) is 2. The van der Waals surface area contributed by atoms with Gasteiger partial charge in [0.2, 0.25) is 5.91 Å². The molecule has 35 heavy (non-hydrogen) atoms. The Bertz CT molecular complexity index is 1280. The molecule has 0 fully saturated rings. The molecule has 1 amide bonds. The number of amides is 1. The summed E-state index contributed by atoms with van der Waals surface area (Å²) in [6.07, 6.45) is 2.50. The monoisotopic (exact) mass is 554 g/mol. The standard InChI is InChI=1S/C26H23BrN2O5S/c1-3-7-22(30)29-25-23(26(32)33-4-2)24(31)21(35-25)13-18-12-19(27)10-11-20(18)34-15-17-9-6-5-8-16(17)14-28/h5-6,8-13,31H,3-4,7,15H2,1-2H3/b21-13-,29-25?. The summed E-state index contributed by atoms with van der Waals surface area (Å²) in [6.45, 7) is 3.80. The molecule has 1 aliphatic heterocycles. The van der Waals surface area contributed by atoms with Gasteiger partial charge in [-0.25, -0.2) is 9.79 Å². The van der Waals surface area contributed by atoms with E-state index in [-0.39, 0.29) is 41.9 Å². The molecule has 0 aliphatic carbocycles. The third-order valence-electron chi connectivity index (χ3n) is 4.84. The predicted molar refractivity (Wildman–Crippen MR) is 139 cm³/mol. The molecular formula is C26H23BrN2O5S. The summed E-state index contributed by atoms with van der Waals surface area (Å²) < 4.78 is 11.8. The highest BCUT2D eigenvalue weighted by Gasteiger charge is 2.34. The summed E-state index contributed by atoms with van der Waals surface area (Å²) in [5.74, 6) is -0.930. The van der Waals surface area contributed by atoms with Gasteiger partial charge in [0.1, 0.15) is 28.7 Å². The number of ether oxygens (including phenoxy) is 2. The third kappa shape index (κ3) is 6.62. The average Bonchev–Trinajstić information content (AvgIpc) is 3.13. The van der Waals surface area contributed by atoms with Gasteiger partial charge in [-0.2, -0.15) is 5.26 Å². The Morgan fingerprint density at radius 3 is 2.71 bits per heavy atom. The Morgan fingerprint density at radius 2 is 2.00 bits per heavy atom. The number of halogens is 1. The molecule has 0 aromatic heterocycles. The number of esters is 1. The van der Waals surface area contributed by atoms with Crippen molar-refractivity contribution in [3.8, 4) is 11.8 Å². The van der Waals surface area contributed by atoms with Crippen LogP contribution in [0.15, 0.2) is 68.2 Å². The van der Waals surface area contributed by atoms with Crippen LogP contribution in [-0.4, -0.2) is 28.6 Å². The first kappa shape index (κ1) is 26.3. The van der Waals surface area contributed by atoms with Crippen LogP contribution >= 0.6 is 27.7 Å². The van der Waals surface area contributed by atoms with Crippen LogP contribution in [-0.2, 0) is 20.9 Å². The number of aliphatic hydroxyl groups excluding tert-OH is 1. The molecule has 1 aliphatic rings. The van der Waals surface area contributed by atoms with E-state index in [0.29, 0.717) is 28.2 Å². The Hall–Kier alpha value is -3.35. The normalized spacial score (nSPS) is 15.4. The zero-order chi connectivity index (χ0) is 25.4. The zero-order valence-corrected chi connectivity index (χ0v) is 21.6. The van der Waals surface area contributed by atoms with E-state index in [2.05, 4.69) is 27.0 Å². The number of aliphatic hydroxyl groups is 1. The SMILES string of the molecule is CCCC(=O)N=C1S/C(=C\c2cc(Br)ccc2OCc2ccccc2C#N)C(O)=C1C(=O)OCC. The number of hydrogen-bond acceptors (Lipinski definition) is 7. The van der Waals surface area contributed by atoms with Crippen molar-refractivity contribution in [3.05, 3.63) is 79.9 Å². The van der Waals surface area contributed by atoms with Crippen molar-refractivity contribution in [1.29, 1.82) is 5.26 Å². The number of rotatable bonds is 8. The molecule has 2 aromatic rings. The number of carbonyl (C=O) groups excluding carboxylic acids is 2. The maximum atomic E-state index is 12.5. The summed E-state index contributed by atoms with van der Waals surface area (Å²) in [4.78, 5) is 29.0. The molecule has 0 radical (unpaired) electrons. The van der Waals surface area contributed by atoms with Crippen LogP contribution in [0.1, 0.15) is 43.4 Å². The molecule has 0 saturated heterocycles. The van der Waals surface area contributed by atoms with Crippen LogP contribution < -0.4 is 4.74 Å². The Labute approximate surface area is 216 Å². The van der Waals surface area contributed by atoms with Crippen molar-refractivity contribution in [1.82, 2.24) is 0 Å². The molecule has 3 rings (SSSR count). The van der Waals surface area contributed by atoms with Crippen LogP contribution in [0, 0.1) is 11.3 Å². The highest BCUT2D eigenvalue weighted by Crippen LogP contribution is 2.40. The zero-order valence-electron chi connectivity index (χ0n) is 19.2. The fourth-order valence-corrected chi connectivity index (χ4v) is 4.59. The average molecular weight is 555 g/mol. The van der Waals surface area contributed by atoms with E-state index in [4.69, 9.17) is 9.47 Å². The lowest BCUT2D eigenvalue weighted by molar-refractivity contribution is -0.138. The predicted octanol–water partition coefficient (Wildman–Crippen LogP) is 6.09. The molecule has 0 spiro atoms. The summed E-state index contributed by atoms with van der Waals surface area (Å²) in [5, 5.41) is 20.3. The molecular weight excluding hydrogens is 532 g/mol. The lowest BCUT2D eigenvalue weighted by atomic mass is 10.1. The van der Waals surface area contributed by atoms with E-state index in [1.54, 1.807) is 37.3 Å². The summed E-state index contributed by atoms with van der Waals surface area (Å²) >= 11 is 4.46. The number of aliphatic imine (C=N–C) groups is 1. The van der Waals surface area contributed by atoms with Crippen molar-refractivity contribution >= 4 is 50.7 Å². The largest absolute Gasteiger partial charge is 0.506 e. The maximum absolute atomic E-state index is 12.5. The van der Waals surface area contributed by atoms with Crippen LogP contribution in [0.25, 0.3) is 6.08 Å². The number of benzene rings is 2. The number of nitriles is 1. The van der Waals surface area contributed by atoms with Crippen LogP contribution in [0.4, 0.5) is 0 Å². The van der Waals surface area contributed by atoms with Gasteiger partial charge < -0.3 is 14.6 Å². The Morgan fingerprint density at radius 1 is 1.23 bits per heavy atom. The van der Waals surface area contributed by atoms with Gasteiger partial charge in [-0.1, -0.05) is 52.8 Å². The number of thioether (sulfide) groups is 1. The van der Waals surface area contributed by atoms with Crippen molar-refractivity contribution < 1.29 is 24.2 Å². The van der Waals surface area contributed by atoms with Gasteiger partial charge in [-0.15, -0.1) is 0 Å². The topological polar surface area (TPSA) is 109 Å².